The average Bonchev–Trinajstić information content (AvgIpc) is 2.74. The van der Waals surface area contributed by atoms with Gasteiger partial charge in [0.25, 0.3) is 5.91 Å². The molecule has 29 heavy (non-hydrogen) atoms. The molecule has 1 aliphatic rings. The van der Waals surface area contributed by atoms with Gasteiger partial charge in [-0.1, -0.05) is 18.2 Å². The zero-order valence-corrected chi connectivity index (χ0v) is 16.4. The van der Waals surface area contributed by atoms with Crippen LogP contribution in [0.4, 0.5) is 0 Å². The van der Waals surface area contributed by atoms with E-state index in [1.165, 1.54) is 6.07 Å². The van der Waals surface area contributed by atoms with Gasteiger partial charge in [-0.3, -0.25) is 14.6 Å². The lowest BCUT2D eigenvalue weighted by molar-refractivity contribution is -0.135. The number of aliphatic imine (C=N–C) groups is 1. The number of rotatable bonds is 9. The minimum Gasteiger partial charge on any atom is -0.507 e. The van der Waals surface area contributed by atoms with E-state index in [-0.39, 0.29) is 53.5 Å². The molecule has 0 bridgehead atoms. The molecule has 1 aliphatic heterocycles. The Bertz CT molecular complexity index is 802. The highest BCUT2D eigenvalue weighted by Gasteiger charge is 2.29. The van der Waals surface area contributed by atoms with E-state index in [1.54, 1.807) is 36.1 Å². The Kier molecular flexibility index (Phi) is 8.57. The average molecular weight is 402 g/mol. The van der Waals surface area contributed by atoms with Crippen LogP contribution < -0.4 is 4.74 Å². The smallest absolute Gasteiger partial charge is 0.256 e. The molecule has 1 fully saturated rings. The molecule has 0 radical (unpaired) electrons. The van der Waals surface area contributed by atoms with E-state index in [0.29, 0.717) is 32.5 Å². The minimum atomic E-state index is -0.390. The van der Waals surface area contributed by atoms with E-state index in [2.05, 4.69) is 11.7 Å². The molecule has 0 aromatic heterocycles. The molecule has 0 spiro atoms. The maximum atomic E-state index is 13.1. The molecule has 1 heterocycles. The van der Waals surface area contributed by atoms with Crippen LogP contribution in [-0.4, -0.2) is 73.0 Å². The molecule has 1 aromatic carbocycles. The highest BCUT2D eigenvalue weighted by Crippen LogP contribution is 2.26. The molecular weight excluding hydrogens is 376 g/mol. The second-order valence-corrected chi connectivity index (χ2v) is 6.35. The summed E-state index contributed by atoms with van der Waals surface area (Å²) in [6.07, 6.45) is 4.31. The van der Waals surface area contributed by atoms with Gasteiger partial charge in [-0.15, -0.1) is 0 Å². The summed E-state index contributed by atoms with van der Waals surface area (Å²) in [6.45, 7) is 6.17. The second kappa shape index (κ2) is 11.1. The van der Waals surface area contributed by atoms with Crippen molar-refractivity contribution in [3.05, 3.63) is 47.2 Å². The van der Waals surface area contributed by atoms with Crippen molar-refractivity contribution in [1.29, 1.82) is 0 Å². The lowest BCUT2D eigenvalue weighted by atomic mass is 10.1. The van der Waals surface area contributed by atoms with E-state index in [9.17, 15) is 19.8 Å². The number of hydrogen-bond acceptors (Lipinski definition) is 7. The normalized spacial score (nSPS) is 17.7. The fourth-order valence-corrected chi connectivity index (χ4v) is 3.08. The van der Waals surface area contributed by atoms with Crippen LogP contribution in [0.3, 0.4) is 0 Å². The van der Waals surface area contributed by atoms with Gasteiger partial charge in [-0.25, -0.2) is 0 Å². The van der Waals surface area contributed by atoms with Gasteiger partial charge in [0.2, 0.25) is 0 Å². The molecule has 8 heteroatoms. The topological polar surface area (TPSA) is 109 Å². The first-order valence-corrected chi connectivity index (χ1v) is 9.29. The number of hydrogen-bond donors (Lipinski definition) is 2. The third-order valence-electron chi connectivity index (χ3n) is 4.57. The standard InChI is InChI=1S/C21H26N2O6/c1-3-5-16(18(13-25)22-2)21(27)23-9-11-28-14-15(23)8-10-29-20-7-4-6-19(26)17(20)12-24/h3-7,12,15,25-26H,2,8-11,13-14H2,1H3/b5-3-,18-16+/t15-/m1/s1. The number of aromatic hydroxyl groups is 1. The summed E-state index contributed by atoms with van der Waals surface area (Å²) >= 11 is 0. The predicted octanol–water partition coefficient (Wildman–Crippen LogP) is 1.72. The zero-order valence-electron chi connectivity index (χ0n) is 16.4. The van der Waals surface area contributed by atoms with Crippen LogP contribution in [-0.2, 0) is 9.53 Å². The molecule has 1 aromatic rings. The van der Waals surface area contributed by atoms with Crippen LogP contribution in [0.1, 0.15) is 23.7 Å². The molecule has 2 rings (SSSR count). The number of allylic oxidation sites excluding steroid dienone is 1. The largest absolute Gasteiger partial charge is 0.507 e. The van der Waals surface area contributed by atoms with Gasteiger partial charge in [0.1, 0.15) is 11.5 Å². The quantitative estimate of drug-likeness (QED) is 0.282. The maximum Gasteiger partial charge on any atom is 0.256 e. The first kappa shape index (κ1) is 22.3. The fraction of sp³-hybridized carbons (Fsp3) is 0.381. The van der Waals surface area contributed by atoms with Crippen molar-refractivity contribution >= 4 is 18.9 Å². The number of benzene rings is 1. The zero-order chi connectivity index (χ0) is 21.2. The van der Waals surface area contributed by atoms with Crippen LogP contribution in [0, 0.1) is 0 Å². The predicted molar refractivity (Wildman–Crippen MR) is 108 cm³/mol. The van der Waals surface area contributed by atoms with Crippen molar-refractivity contribution in [3.8, 4) is 11.5 Å². The molecule has 8 nitrogen and oxygen atoms in total. The molecule has 156 valence electrons. The molecule has 1 saturated heterocycles. The lowest BCUT2D eigenvalue weighted by Gasteiger charge is -2.36. The molecule has 0 saturated carbocycles. The molecule has 1 atom stereocenters. The van der Waals surface area contributed by atoms with E-state index >= 15 is 0 Å². The van der Waals surface area contributed by atoms with Gasteiger partial charge < -0.3 is 24.6 Å². The van der Waals surface area contributed by atoms with Crippen molar-refractivity contribution < 1.29 is 29.3 Å². The Morgan fingerprint density at radius 2 is 2.28 bits per heavy atom. The fourth-order valence-electron chi connectivity index (χ4n) is 3.08. The third kappa shape index (κ3) is 5.52. The summed E-state index contributed by atoms with van der Waals surface area (Å²) in [5.41, 5.74) is 0.585. The highest BCUT2D eigenvalue weighted by atomic mass is 16.5. The van der Waals surface area contributed by atoms with Crippen LogP contribution in [0.5, 0.6) is 11.5 Å². The van der Waals surface area contributed by atoms with Crippen molar-refractivity contribution in [2.75, 3.05) is 33.0 Å². The number of phenols is 1. The first-order chi connectivity index (χ1) is 14.1. The Morgan fingerprint density at radius 1 is 1.48 bits per heavy atom. The molecule has 0 unspecified atom stereocenters. The monoisotopic (exact) mass is 402 g/mol. The van der Waals surface area contributed by atoms with Crippen molar-refractivity contribution in [3.63, 3.8) is 0 Å². The first-order valence-electron chi connectivity index (χ1n) is 9.29. The number of amides is 1. The van der Waals surface area contributed by atoms with E-state index in [1.807, 2.05) is 0 Å². The number of aldehydes is 1. The SMILES string of the molecule is C=N/C(CO)=C(\C=C/C)C(=O)N1CCOC[C@H]1CCOc1cccc(O)c1C=O. The summed E-state index contributed by atoms with van der Waals surface area (Å²) in [7, 11) is 0. The third-order valence-corrected chi connectivity index (χ3v) is 4.57. The van der Waals surface area contributed by atoms with E-state index in [0.717, 1.165) is 0 Å². The minimum absolute atomic E-state index is 0.0864. The Hall–Kier alpha value is -2.97. The Labute approximate surface area is 169 Å². The Morgan fingerprint density at radius 3 is 2.93 bits per heavy atom. The summed E-state index contributed by atoms with van der Waals surface area (Å²) in [6, 6.07) is 4.34. The van der Waals surface area contributed by atoms with Gasteiger partial charge in [0.15, 0.2) is 6.29 Å². The molecule has 0 aliphatic carbocycles. The second-order valence-electron chi connectivity index (χ2n) is 6.35. The molecule has 1 amide bonds. The summed E-state index contributed by atoms with van der Waals surface area (Å²) in [5.74, 6) is -0.133. The van der Waals surface area contributed by atoms with Gasteiger partial charge in [-0.05, 0) is 25.8 Å². The Balaban J connectivity index is 2.12. The molecular formula is C21H26N2O6. The summed E-state index contributed by atoms with van der Waals surface area (Å²) in [5, 5.41) is 19.2. The van der Waals surface area contributed by atoms with Crippen LogP contribution in [0.25, 0.3) is 0 Å². The van der Waals surface area contributed by atoms with Crippen molar-refractivity contribution in [2.45, 2.75) is 19.4 Å². The van der Waals surface area contributed by atoms with Crippen LogP contribution in [0.2, 0.25) is 0 Å². The number of carbonyl (C=O) groups is 2. The van der Waals surface area contributed by atoms with E-state index in [4.69, 9.17) is 9.47 Å². The lowest BCUT2D eigenvalue weighted by Crippen LogP contribution is -2.49. The van der Waals surface area contributed by atoms with Crippen LogP contribution in [0.15, 0.2) is 46.6 Å². The van der Waals surface area contributed by atoms with Gasteiger partial charge in [0.05, 0.1) is 49.3 Å². The van der Waals surface area contributed by atoms with E-state index < -0.39 is 0 Å². The summed E-state index contributed by atoms with van der Waals surface area (Å²) in [4.78, 5) is 29.7. The van der Waals surface area contributed by atoms with Crippen molar-refractivity contribution in [2.24, 2.45) is 4.99 Å². The number of nitrogens with zero attached hydrogens (tertiary/aromatic N) is 2. The number of morpholine rings is 1. The van der Waals surface area contributed by atoms with Crippen LogP contribution >= 0.6 is 0 Å². The summed E-state index contributed by atoms with van der Waals surface area (Å²) < 4.78 is 11.2. The number of ether oxygens (including phenoxy) is 2. The highest BCUT2D eigenvalue weighted by molar-refractivity contribution is 5.97. The number of carbonyl (C=O) groups excluding carboxylic acids is 2. The number of phenolic OH excluding ortho intramolecular Hbond substituents is 1. The number of aliphatic hydroxyl groups is 1. The number of aliphatic hydroxyl groups excluding tert-OH is 1. The van der Waals surface area contributed by atoms with Gasteiger partial charge >= 0.3 is 0 Å². The van der Waals surface area contributed by atoms with Gasteiger partial charge in [-0.2, -0.15) is 0 Å². The molecule has 2 N–H and O–H groups in total. The maximum absolute atomic E-state index is 13.1. The van der Waals surface area contributed by atoms with Crippen molar-refractivity contribution in [1.82, 2.24) is 4.90 Å². The van der Waals surface area contributed by atoms with Gasteiger partial charge in [0, 0.05) is 13.0 Å².